The summed E-state index contributed by atoms with van der Waals surface area (Å²) in [6.07, 6.45) is 3.96. The van der Waals surface area contributed by atoms with Gasteiger partial charge in [-0.3, -0.25) is 0 Å². The van der Waals surface area contributed by atoms with Crippen LogP contribution in [0.15, 0.2) is 42.5 Å². The second-order valence-electron chi connectivity index (χ2n) is 4.31. The summed E-state index contributed by atoms with van der Waals surface area (Å²) in [7, 11) is 3.41. The van der Waals surface area contributed by atoms with Gasteiger partial charge in [0.05, 0.1) is 0 Å². The highest BCUT2D eigenvalue weighted by Crippen LogP contribution is 2.13. The van der Waals surface area contributed by atoms with E-state index in [0.717, 1.165) is 5.56 Å². The molecule has 0 atom stereocenters. The molecule has 1 aromatic carbocycles. The van der Waals surface area contributed by atoms with E-state index in [9.17, 15) is 0 Å². The van der Waals surface area contributed by atoms with E-state index in [1.165, 1.54) is 0 Å². The molecule has 0 aliphatic heterocycles. The summed E-state index contributed by atoms with van der Waals surface area (Å²) in [5.74, 6) is 1.82. The molecule has 1 N–H and O–H groups in total. The van der Waals surface area contributed by atoms with Gasteiger partial charge in [0.2, 0.25) is 5.88 Å². The summed E-state index contributed by atoms with van der Waals surface area (Å²) in [6, 6.07) is 11.8. The molecular weight excluding hydrogens is 266 g/mol. The van der Waals surface area contributed by atoms with E-state index >= 15 is 0 Å². The van der Waals surface area contributed by atoms with E-state index in [1.807, 2.05) is 42.5 Å². The second kappa shape index (κ2) is 8.01. The van der Waals surface area contributed by atoms with E-state index in [1.54, 1.807) is 20.2 Å². The minimum atomic E-state index is 0.353. The van der Waals surface area contributed by atoms with Crippen molar-refractivity contribution in [2.75, 3.05) is 26.1 Å². The van der Waals surface area contributed by atoms with Crippen molar-refractivity contribution in [3.05, 3.63) is 53.9 Å². The molecule has 0 fully saturated rings. The first-order chi connectivity index (χ1) is 10.3. The van der Waals surface area contributed by atoms with Crippen molar-refractivity contribution in [2.24, 2.45) is 0 Å². The maximum Gasteiger partial charge on any atom is 0.219 e. The van der Waals surface area contributed by atoms with Crippen molar-refractivity contribution in [1.82, 2.24) is 9.97 Å². The fourth-order valence-electron chi connectivity index (χ4n) is 1.75. The third kappa shape index (κ3) is 4.89. The van der Waals surface area contributed by atoms with Crippen LogP contribution >= 0.6 is 0 Å². The zero-order valence-electron chi connectivity index (χ0n) is 12.2. The second-order valence-corrected chi connectivity index (χ2v) is 4.31. The lowest BCUT2D eigenvalue weighted by molar-refractivity contribution is 0.176. The lowest BCUT2D eigenvalue weighted by Crippen LogP contribution is -2.04. The van der Waals surface area contributed by atoms with E-state index in [4.69, 9.17) is 9.47 Å². The standard InChI is InChI=1S/C16H19N3O2/c1-17-14-11-16(19-15(18-14)12-20-2)21-10-6-9-13-7-4-3-5-8-13/h3-9,11H,10,12H2,1-2H3,(H,17,18,19)/b9-6+. The summed E-state index contributed by atoms with van der Waals surface area (Å²) < 4.78 is 10.7. The number of benzene rings is 1. The highest BCUT2D eigenvalue weighted by molar-refractivity contribution is 5.48. The van der Waals surface area contributed by atoms with Crippen LogP contribution in [0.3, 0.4) is 0 Å². The van der Waals surface area contributed by atoms with Crippen LogP contribution in [0.5, 0.6) is 5.88 Å². The third-order valence-electron chi connectivity index (χ3n) is 2.72. The van der Waals surface area contributed by atoms with Crippen LogP contribution in [-0.4, -0.2) is 30.7 Å². The van der Waals surface area contributed by atoms with Gasteiger partial charge in [-0.1, -0.05) is 36.4 Å². The van der Waals surface area contributed by atoms with Crippen molar-refractivity contribution in [2.45, 2.75) is 6.61 Å². The van der Waals surface area contributed by atoms with Gasteiger partial charge in [0.1, 0.15) is 19.0 Å². The molecule has 1 heterocycles. The van der Waals surface area contributed by atoms with Crippen LogP contribution in [0.2, 0.25) is 0 Å². The molecule has 0 amide bonds. The number of anilines is 1. The maximum absolute atomic E-state index is 5.62. The molecule has 0 aliphatic carbocycles. The minimum absolute atomic E-state index is 0.353. The monoisotopic (exact) mass is 285 g/mol. The number of ether oxygens (including phenoxy) is 2. The van der Waals surface area contributed by atoms with Crippen LogP contribution in [0, 0.1) is 0 Å². The molecule has 0 bridgehead atoms. The summed E-state index contributed by atoms with van der Waals surface area (Å²) in [6.45, 7) is 0.799. The zero-order chi connectivity index (χ0) is 14.9. The Labute approximate surface area is 124 Å². The molecule has 5 nitrogen and oxygen atoms in total. The van der Waals surface area contributed by atoms with Crippen molar-refractivity contribution >= 4 is 11.9 Å². The van der Waals surface area contributed by atoms with E-state index < -0.39 is 0 Å². The van der Waals surface area contributed by atoms with Gasteiger partial charge < -0.3 is 14.8 Å². The first-order valence-electron chi connectivity index (χ1n) is 6.71. The van der Waals surface area contributed by atoms with Crippen LogP contribution in [0.1, 0.15) is 11.4 Å². The van der Waals surface area contributed by atoms with E-state index in [2.05, 4.69) is 15.3 Å². The summed E-state index contributed by atoms with van der Waals surface area (Å²) in [4.78, 5) is 8.56. The van der Waals surface area contributed by atoms with Crippen molar-refractivity contribution in [3.63, 3.8) is 0 Å². The number of methoxy groups -OCH3 is 1. The summed E-state index contributed by atoms with van der Waals surface area (Å²) in [5.41, 5.74) is 1.14. The molecule has 0 saturated heterocycles. The number of aromatic nitrogens is 2. The lowest BCUT2D eigenvalue weighted by atomic mass is 10.2. The molecule has 21 heavy (non-hydrogen) atoms. The molecule has 0 unspecified atom stereocenters. The van der Waals surface area contributed by atoms with Gasteiger partial charge in [0.25, 0.3) is 0 Å². The molecule has 0 aliphatic rings. The predicted molar refractivity (Wildman–Crippen MR) is 83.3 cm³/mol. The quantitative estimate of drug-likeness (QED) is 0.847. The molecule has 2 rings (SSSR count). The normalized spacial score (nSPS) is 10.8. The van der Waals surface area contributed by atoms with Crippen molar-refractivity contribution in [1.29, 1.82) is 0 Å². The van der Waals surface area contributed by atoms with Gasteiger partial charge in [-0.25, -0.2) is 4.98 Å². The van der Waals surface area contributed by atoms with Crippen LogP contribution in [0.25, 0.3) is 6.08 Å². The van der Waals surface area contributed by atoms with Gasteiger partial charge in [0.15, 0.2) is 5.82 Å². The first-order valence-corrected chi connectivity index (χ1v) is 6.71. The van der Waals surface area contributed by atoms with Gasteiger partial charge >= 0.3 is 0 Å². The molecule has 1 aromatic heterocycles. The molecule has 0 spiro atoms. The topological polar surface area (TPSA) is 56.3 Å². The Morgan fingerprint density at radius 3 is 2.71 bits per heavy atom. The molecule has 2 aromatic rings. The minimum Gasteiger partial charge on any atom is -0.473 e. The SMILES string of the molecule is CNc1cc(OC/C=C/c2ccccc2)nc(COC)n1. The number of rotatable bonds is 7. The summed E-state index contributed by atoms with van der Waals surface area (Å²) >= 11 is 0. The highest BCUT2D eigenvalue weighted by atomic mass is 16.5. The smallest absolute Gasteiger partial charge is 0.219 e. The van der Waals surface area contributed by atoms with Crippen LogP contribution < -0.4 is 10.1 Å². The van der Waals surface area contributed by atoms with E-state index in [0.29, 0.717) is 30.7 Å². The number of nitrogens with zero attached hydrogens (tertiary/aromatic N) is 2. The highest BCUT2D eigenvalue weighted by Gasteiger charge is 2.04. The molecule has 110 valence electrons. The Balaban J connectivity index is 1.96. The molecule has 0 radical (unpaired) electrons. The Hall–Kier alpha value is -2.40. The number of hydrogen-bond acceptors (Lipinski definition) is 5. The van der Waals surface area contributed by atoms with Crippen LogP contribution in [0.4, 0.5) is 5.82 Å². The van der Waals surface area contributed by atoms with Gasteiger partial charge in [-0.15, -0.1) is 0 Å². The number of hydrogen-bond donors (Lipinski definition) is 1. The van der Waals surface area contributed by atoms with Crippen molar-refractivity contribution in [3.8, 4) is 5.88 Å². The molecule has 5 heteroatoms. The Kier molecular flexibility index (Phi) is 5.72. The van der Waals surface area contributed by atoms with Crippen molar-refractivity contribution < 1.29 is 9.47 Å². The maximum atomic E-state index is 5.62. The fraction of sp³-hybridized carbons (Fsp3) is 0.250. The largest absolute Gasteiger partial charge is 0.473 e. The Morgan fingerprint density at radius 1 is 1.19 bits per heavy atom. The Morgan fingerprint density at radius 2 is 2.00 bits per heavy atom. The molecule has 0 saturated carbocycles. The zero-order valence-corrected chi connectivity index (χ0v) is 12.2. The predicted octanol–water partition coefficient (Wildman–Crippen LogP) is 2.76. The van der Waals surface area contributed by atoms with Gasteiger partial charge in [-0.05, 0) is 11.6 Å². The third-order valence-corrected chi connectivity index (χ3v) is 2.72. The average molecular weight is 285 g/mol. The molecular formula is C16H19N3O2. The number of nitrogens with one attached hydrogen (secondary N) is 1. The fourth-order valence-corrected chi connectivity index (χ4v) is 1.75. The van der Waals surface area contributed by atoms with Gasteiger partial charge in [0, 0.05) is 20.2 Å². The van der Waals surface area contributed by atoms with Crippen LogP contribution in [-0.2, 0) is 11.3 Å². The Bertz CT molecular complexity index is 585. The first kappa shape index (κ1) is 15.0. The average Bonchev–Trinajstić information content (AvgIpc) is 2.53. The van der Waals surface area contributed by atoms with Gasteiger partial charge in [-0.2, -0.15) is 4.98 Å². The summed E-state index contributed by atoms with van der Waals surface area (Å²) in [5, 5.41) is 2.98. The lowest BCUT2D eigenvalue weighted by Gasteiger charge is -2.07. The van der Waals surface area contributed by atoms with E-state index in [-0.39, 0.29) is 0 Å².